The zero-order valence-corrected chi connectivity index (χ0v) is 12.9. The normalized spacial score (nSPS) is 10.9. The summed E-state index contributed by atoms with van der Waals surface area (Å²) >= 11 is 1.33. The highest BCUT2D eigenvalue weighted by Gasteiger charge is 2.21. The first kappa shape index (κ1) is 15.6. The molecular weight excluding hydrogens is 262 g/mol. The molecule has 1 aromatic rings. The fourth-order valence-corrected chi connectivity index (χ4v) is 2.77. The first-order valence-corrected chi connectivity index (χ1v) is 7.22. The molecule has 19 heavy (non-hydrogen) atoms. The van der Waals surface area contributed by atoms with Crippen molar-refractivity contribution in [2.45, 2.75) is 53.1 Å². The predicted molar refractivity (Wildman–Crippen MR) is 77.2 cm³/mol. The van der Waals surface area contributed by atoms with Crippen LogP contribution in [0.2, 0.25) is 0 Å². The second-order valence-electron chi connectivity index (χ2n) is 4.99. The molecule has 2 amide bonds. The average molecular weight is 283 g/mol. The number of hydrogen-bond acceptors (Lipinski definition) is 4. The third-order valence-electron chi connectivity index (χ3n) is 2.57. The van der Waals surface area contributed by atoms with Crippen LogP contribution < -0.4 is 5.32 Å². The first-order valence-electron chi connectivity index (χ1n) is 6.34. The Morgan fingerprint density at radius 1 is 1.32 bits per heavy atom. The molecule has 1 N–H and O–H groups in total. The van der Waals surface area contributed by atoms with Crippen molar-refractivity contribution in [2.24, 2.45) is 0 Å². The van der Waals surface area contributed by atoms with E-state index in [1.165, 1.54) is 18.3 Å². The molecule has 0 aliphatic carbocycles. The van der Waals surface area contributed by atoms with E-state index >= 15 is 0 Å². The Morgan fingerprint density at radius 2 is 1.89 bits per heavy atom. The zero-order chi connectivity index (χ0) is 14.6. The Kier molecular flexibility index (Phi) is 5.47. The number of amides is 2. The van der Waals surface area contributed by atoms with E-state index in [0.717, 1.165) is 0 Å². The van der Waals surface area contributed by atoms with Crippen molar-refractivity contribution in [2.75, 3.05) is 5.32 Å². The minimum atomic E-state index is -0.154. The standard InChI is InChI=1S/C13H21N3O2S/c1-8(2)16(9(3)4)12(18)6-11-7-19-13(15-11)14-10(5)17/h7-9H,6H2,1-5H3,(H,14,15,17). The predicted octanol–water partition coefficient (Wildman–Crippen LogP) is 2.29. The van der Waals surface area contributed by atoms with E-state index in [0.29, 0.717) is 10.8 Å². The van der Waals surface area contributed by atoms with Gasteiger partial charge in [0.25, 0.3) is 0 Å². The van der Waals surface area contributed by atoms with Crippen molar-refractivity contribution in [3.63, 3.8) is 0 Å². The van der Waals surface area contributed by atoms with E-state index in [1.807, 2.05) is 38.0 Å². The van der Waals surface area contributed by atoms with Gasteiger partial charge in [0.2, 0.25) is 11.8 Å². The van der Waals surface area contributed by atoms with Crippen molar-refractivity contribution in [1.82, 2.24) is 9.88 Å². The lowest BCUT2D eigenvalue weighted by Crippen LogP contribution is -2.42. The molecule has 1 aromatic heterocycles. The number of hydrogen-bond donors (Lipinski definition) is 1. The van der Waals surface area contributed by atoms with E-state index < -0.39 is 0 Å². The maximum absolute atomic E-state index is 12.2. The number of nitrogens with one attached hydrogen (secondary N) is 1. The van der Waals surface area contributed by atoms with Crippen LogP contribution in [0.5, 0.6) is 0 Å². The molecule has 0 atom stereocenters. The smallest absolute Gasteiger partial charge is 0.229 e. The molecule has 1 rings (SSSR count). The summed E-state index contributed by atoms with van der Waals surface area (Å²) in [7, 11) is 0. The highest BCUT2D eigenvalue weighted by Crippen LogP contribution is 2.17. The maximum Gasteiger partial charge on any atom is 0.229 e. The van der Waals surface area contributed by atoms with E-state index in [1.54, 1.807) is 0 Å². The Labute approximate surface area is 118 Å². The molecule has 0 fully saturated rings. The fraction of sp³-hybridized carbons (Fsp3) is 0.615. The number of thiazole rings is 1. The lowest BCUT2D eigenvalue weighted by Gasteiger charge is -2.30. The maximum atomic E-state index is 12.2. The Hall–Kier alpha value is -1.43. The van der Waals surface area contributed by atoms with Gasteiger partial charge in [-0.1, -0.05) is 0 Å². The van der Waals surface area contributed by atoms with E-state index in [4.69, 9.17) is 0 Å². The SMILES string of the molecule is CC(=O)Nc1nc(CC(=O)N(C(C)C)C(C)C)cs1. The molecule has 106 valence electrons. The largest absolute Gasteiger partial charge is 0.338 e. The minimum absolute atomic E-state index is 0.0599. The van der Waals surface area contributed by atoms with Gasteiger partial charge in [-0.2, -0.15) is 0 Å². The summed E-state index contributed by atoms with van der Waals surface area (Å²) < 4.78 is 0. The lowest BCUT2D eigenvalue weighted by molar-refractivity contribution is -0.134. The van der Waals surface area contributed by atoms with Crippen LogP contribution >= 0.6 is 11.3 Å². The summed E-state index contributed by atoms with van der Waals surface area (Å²) in [5.41, 5.74) is 0.699. The van der Waals surface area contributed by atoms with E-state index in [2.05, 4.69) is 10.3 Å². The van der Waals surface area contributed by atoms with Gasteiger partial charge in [0, 0.05) is 24.4 Å². The van der Waals surface area contributed by atoms with Crippen molar-refractivity contribution in [3.05, 3.63) is 11.1 Å². The van der Waals surface area contributed by atoms with Gasteiger partial charge < -0.3 is 10.2 Å². The monoisotopic (exact) mass is 283 g/mol. The molecular formula is C13H21N3O2S. The van der Waals surface area contributed by atoms with Crippen molar-refractivity contribution >= 4 is 28.3 Å². The van der Waals surface area contributed by atoms with Gasteiger partial charge in [-0.3, -0.25) is 9.59 Å². The summed E-state index contributed by atoms with van der Waals surface area (Å²) in [5, 5.41) is 4.96. The third kappa shape index (κ3) is 4.63. The molecule has 0 aliphatic heterocycles. The van der Waals surface area contributed by atoms with Gasteiger partial charge in [-0.15, -0.1) is 11.3 Å². The molecule has 0 aromatic carbocycles. The number of aromatic nitrogens is 1. The van der Waals surface area contributed by atoms with Gasteiger partial charge in [-0.05, 0) is 27.7 Å². The molecule has 1 heterocycles. The van der Waals surface area contributed by atoms with Crippen molar-refractivity contribution in [1.29, 1.82) is 0 Å². The van der Waals surface area contributed by atoms with Crippen molar-refractivity contribution in [3.8, 4) is 0 Å². The summed E-state index contributed by atoms with van der Waals surface area (Å²) in [6.07, 6.45) is 0.270. The van der Waals surface area contributed by atoms with Gasteiger partial charge in [0.1, 0.15) is 0 Å². The van der Waals surface area contributed by atoms with Crippen LogP contribution in [0.25, 0.3) is 0 Å². The molecule has 0 saturated heterocycles. The average Bonchev–Trinajstić information content (AvgIpc) is 2.62. The first-order chi connectivity index (χ1) is 8.81. The number of carbonyl (C=O) groups is 2. The Balaban J connectivity index is 2.70. The molecule has 0 aliphatic rings. The van der Waals surface area contributed by atoms with Gasteiger partial charge in [0.05, 0.1) is 12.1 Å². The second-order valence-corrected chi connectivity index (χ2v) is 5.85. The van der Waals surface area contributed by atoms with Gasteiger partial charge in [0.15, 0.2) is 5.13 Å². The quantitative estimate of drug-likeness (QED) is 0.902. The second kappa shape index (κ2) is 6.65. The fourth-order valence-electron chi connectivity index (χ4n) is 2.01. The number of carbonyl (C=O) groups excluding carboxylic acids is 2. The summed E-state index contributed by atoms with van der Waals surface area (Å²) in [6.45, 7) is 9.44. The molecule has 5 nitrogen and oxygen atoms in total. The third-order valence-corrected chi connectivity index (χ3v) is 3.37. The zero-order valence-electron chi connectivity index (χ0n) is 12.1. The van der Waals surface area contributed by atoms with Crippen LogP contribution in [-0.2, 0) is 16.0 Å². The number of rotatable bonds is 5. The van der Waals surface area contributed by atoms with E-state index in [-0.39, 0.29) is 30.3 Å². The Bertz CT molecular complexity index is 446. The molecule has 0 bridgehead atoms. The minimum Gasteiger partial charge on any atom is -0.338 e. The highest BCUT2D eigenvalue weighted by molar-refractivity contribution is 7.13. The molecule has 0 spiro atoms. The molecule has 0 saturated carbocycles. The van der Waals surface area contributed by atoms with Crippen LogP contribution in [0.3, 0.4) is 0 Å². The highest BCUT2D eigenvalue weighted by atomic mass is 32.1. The molecule has 6 heteroatoms. The van der Waals surface area contributed by atoms with Gasteiger partial charge in [-0.25, -0.2) is 4.98 Å². The topological polar surface area (TPSA) is 62.3 Å². The summed E-state index contributed by atoms with van der Waals surface area (Å²) in [6, 6.07) is 0.335. The van der Waals surface area contributed by atoms with Crippen LogP contribution in [0.1, 0.15) is 40.3 Å². The number of nitrogens with zero attached hydrogens (tertiary/aromatic N) is 2. The molecule has 0 unspecified atom stereocenters. The number of anilines is 1. The van der Waals surface area contributed by atoms with Crippen LogP contribution in [0, 0.1) is 0 Å². The van der Waals surface area contributed by atoms with E-state index in [9.17, 15) is 9.59 Å². The van der Waals surface area contributed by atoms with Crippen LogP contribution in [0.15, 0.2) is 5.38 Å². The lowest BCUT2D eigenvalue weighted by atomic mass is 10.2. The molecule has 0 radical (unpaired) electrons. The van der Waals surface area contributed by atoms with Gasteiger partial charge >= 0.3 is 0 Å². The summed E-state index contributed by atoms with van der Waals surface area (Å²) in [4.78, 5) is 29.2. The van der Waals surface area contributed by atoms with Crippen LogP contribution in [-0.4, -0.2) is 33.8 Å². The van der Waals surface area contributed by atoms with Crippen molar-refractivity contribution < 1.29 is 9.59 Å². The Morgan fingerprint density at radius 3 is 2.37 bits per heavy atom. The summed E-state index contributed by atoms with van der Waals surface area (Å²) in [5.74, 6) is -0.0945. The van der Waals surface area contributed by atoms with Crippen LogP contribution in [0.4, 0.5) is 5.13 Å².